The van der Waals surface area contributed by atoms with Crippen molar-refractivity contribution in [2.45, 2.75) is 25.9 Å². The molecule has 1 saturated heterocycles. The lowest BCUT2D eigenvalue weighted by Gasteiger charge is -2.16. The third-order valence-corrected chi connectivity index (χ3v) is 5.59. The minimum absolute atomic E-state index is 0.309. The van der Waals surface area contributed by atoms with Gasteiger partial charge >= 0.3 is 0 Å². The van der Waals surface area contributed by atoms with E-state index in [4.69, 9.17) is 17.3 Å². The van der Waals surface area contributed by atoms with Crippen LogP contribution >= 0.6 is 38.9 Å². The minimum atomic E-state index is 0.309. The van der Waals surface area contributed by atoms with Crippen molar-refractivity contribution in [3.8, 4) is 0 Å². The number of rotatable bonds is 3. The molecule has 2 rings (SSSR count). The SMILES string of the molecule is CC(N)C1CCN(Cc2cc(Br)c(Cl)s2)C1. The van der Waals surface area contributed by atoms with Gasteiger partial charge in [-0.2, -0.15) is 0 Å². The fourth-order valence-corrected chi connectivity index (χ4v) is 3.96. The molecular weight excluding hydrogens is 308 g/mol. The highest BCUT2D eigenvalue weighted by Crippen LogP contribution is 2.33. The normalized spacial score (nSPS) is 23.9. The second-order valence-electron chi connectivity index (χ2n) is 4.48. The Morgan fingerprint density at radius 1 is 1.75 bits per heavy atom. The predicted octanol–water partition coefficient (Wildman–Crippen LogP) is 3.33. The summed E-state index contributed by atoms with van der Waals surface area (Å²) in [5.74, 6) is 0.652. The maximum absolute atomic E-state index is 6.03. The number of likely N-dealkylation sites (tertiary alicyclic amines) is 1. The second-order valence-corrected chi connectivity index (χ2v) is 7.07. The molecule has 2 atom stereocenters. The highest BCUT2D eigenvalue weighted by Gasteiger charge is 2.25. The molecule has 16 heavy (non-hydrogen) atoms. The van der Waals surface area contributed by atoms with Crippen LogP contribution in [-0.4, -0.2) is 24.0 Å². The topological polar surface area (TPSA) is 29.3 Å². The van der Waals surface area contributed by atoms with E-state index in [0.29, 0.717) is 12.0 Å². The van der Waals surface area contributed by atoms with Gasteiger partial charge < -0.3 is 5.73 Å². The number of nitrogens with zero attached hydrogens (tertiary/aromatic N) is 1. The summed E-state index contributed by atoms with van der Waals surface area (Å²) in [6.45, 7) is 5.37. The van der Waals surface area contributed by atoms with Crippen LogP contribution in [0.25, 0.3) is 0 Å². The van der Waals surface area contributed by atoms with Gasteiger partial charge in [0.15, 0.2) is 0 Å². The molecule has 90 valence electrons. The molecule has 0 aromatic carbocycles. The number of nitrogens with two attached hydrogens (primary N) is 1. The second kappa shape index (κ2) is 5.36. The Morgan fingerprint density at radius 3 is 3.00 bits per heavy atom. The predicted molar refractivity (Wildman–Crippen MR) is 74.1 cm³/mol. The summed E-state index contributed by atoms with van der Waals surface area (Å²) < 4.78 is 1.86. The van der Waals surface area contributed by atoms with E-state index in [1.807, 2.05) is 0 Å². The van der Waals surface area contributed by atoms with Crippen molar-refractivity contribution >= 4 is 38.9 Å². The first-order valence-electron chi connectivity index (χ1n) is 5.48. The van der Waals surface area contributed by atoms with Crippen LogP contribution in [0.15, 0.2) is 10.5 Å². The Balaban J connectivity index is 1.92. The first kappa shape index (κ1) is 12.8. The van der Waals surface area contributed by atoms with Crippen molar-refractivity contribution in [2.75, 3.05) is 13.1 Å². The largest absolute Gasteiger partial charge is 0.328 e. The maximum atomic E-state index is 6.03. The van der Waals surface area contributed by atoms with Crippen LogP contribution < -0.4 is 5.73 Å². The van der Waals surface area contributed by atoms with Crippen LogP contribution in [0.3, 0.4) is 0 Å². The Hall–Kier alpha value is 0.390. The van der Waals surface area contributed by atoms with E-state index in [1.165, 1.54) is 11.3 Å². The average molecular weight is 324 g/mol. The standard InChI is InChI=1S/C11H16BrClN2S/c1-7(14)8-2-3-15(5-8)6-9-4-10(12)11(13)16-9/h4,7-8H,2-3,5-6,14H2,1H3. The zero-order valence-electron chi connectivity index (χ0n) is 9.25. The van der Waals surface area contributed by atoms with E-state index in [0.717, 1.165) is 28.4 Å². The Labute approximate surface area is 114 Å². The van der Waals surface area contributed by atoms with Crippen molar-refractivity contribution in [3.63, 3.8) is 0 Å². The van der Waals surface area contributed by atoms with Gasteiger partial charge in [0, 0.05) is 28.5 Å². The third-order valence-electron chi connectivity index (χ3n) is 3.13. The zero-order valence-corrected chi connectivity index (χ0v) is 12.4. The Morgan fingerprint density at radius 2 is 2.50 bits per heavy atom. The van der Waals surface area contributed by atoms with E-state index in [1.54, 1.807) is 11.3 Å². The molecule has 2 unspecified atom stereocenters. The van der Waals surface area contributed by atoms with Gasteiger partial charge in [0.05, 0.1) is 0 Å². The Bertz CT molecular complexity index is 347. The van der Waals surface area contributed by atoms with Crippen molar-refractivity contribution in [2.24, 2.45) is 11.7 Å². The van der Waals surface area contributed by atoms with Gasteiger partial charge in [0.25, 0.3) is 0 Å². The van der Waals surface area contributed by atoms with E-state index in [2.05, 4.69) is 33.8 Å². The Kier molecular flexibility index (Phi) is 4.30. The first-order chi connectivity index (χ1) is 7.56. The van der Waals surface area contributed by atoms with Gasteiger partial charge in [-0.3, -0.25) is 4.90 Å². The summed E-state index contributed by atoms with van der Waals surface area (Å²) >= 11 is 11.1. The third kappa shape index (κ3) is 2.99. The summed E-state index contributed by atoms with van der Waals surface area (Å²) in [5.41, 5.74) is 5.93. The van der Waals surface area contributed by atoms with Crippen LogP contribution in [-0.2, 0) is 6.54 Å². The molecule has 2 heterocycles. The number of halogens is 2. The van der Waals surface area contributed by atoms with Gasteiger partial charge in [-0.05, 0) is 47.8 Å². The smallest absolute Gasteiger partial charge is 0.107 e. The molecule has 2 N–H and O–H groups in total. The fourth-order valence-electron chi connectivity index (χ4n) is 2.13. The number of hydrogen-bond donors (Lipinski definition) is 1. The molecule has 2 nitrogen and oxygen atoms in total. The monoisotopic (exact) mass is 322 g/mol. The van der Waals surface area contributed by atoms with Gasteiger partial charge in [0.2, 0.25) is 0 Å². The quantitative estimate of drug-likeness (QED) is 0.924. The lowest BCUT2D eigenvalue weighted by atomic mass is 10.0. The van der Waals surface area contributed by atoms with Crippen LogP contribution in [0.4, 0.5) is 0 Å². The van der Waals surface area contributed by atoms with Gasteiger partial charge in [-0.1, -0.05) is 11.6 Å². The minimum Gasteiger partial charge on any atom is -0.328 e. The van der Waals surface area contributed by atoms with Gasteiger partial charge in [-0.25, -0.2) is 0 Å². The number of hydrogen-bond acceptors (Lipinski definition) is 3. The lowest BCUT2D eigenvalue weighted by molar-refractivity contribution is 0.311. The van der Waals surface area contributed by atoms with Crippen molar-refractivity contribution in [1.29, 1.82) is 0 Å². The van der Waals surface area contributed by atoms with Crippen molar-refractivity contribution in [3.05, 3.63) is 19.8 Å². The maximum Gasteiger partial charge on any atom is 0.107 e. The van der Waals surface area contributed by atoms with Crippen molar-refractivity contribution in [1.82, 2.24) is 4.90 Å². The number of thiophene rings is 1. The summed E-state index contributed by atoms with van der Waals surface area (Å²) in [6.07, 6.45) is 1.22. The van der Waals surface area contributed by atoms with E-state index in [9.17, 15) is 0 Å². The summed E-state index contributed by atoms with van der Waals surface area (Å²) in [6, 6.07) is 2.43. The highest BCUT2D eigenvalue weighted by molar-refractivity contribution is 9.10. The van der Waals surface area contributed by atoms with Crippen LogP contribution in [0.1, 0.15) is 18.2 Å². The summed E-state index contributed by atoms with van der Waals surface area (Å²) in [7, 11) is 0. The molecule has 0 bridgehead atoms. The molecule has 5 heteroatoms. The van der Waals surface area contributed by atoms with Gasteiger partial charge in [-0.15, -0.1) is 11.3 Å². The van der Waals surface area contributed by atoms with E-state index in [-0.39, 0.29) is 0 Å². The van der Waals surface area contributed by atoms with Crippen LogP contribution in [0.2, 0.25) is 4.34 Å². The molecule has 0 saturated carbocycles. The highest BCUT2D eigenvalue weighted by atomic mass is 79.9. The molecule has 0 aliphatic carbocycles. The van der Waals surface area contributed by atoms with E-state index >= 15 is 0 Å². The molecule has 0 radical (unpaired) electrons. The first-order valence-corrected chi connectivity index (χ1v) is 7.46. The molecule has 0 spiro atoms. The summed E-state index contributed by atoms with van der Waals surface area (Å²) in [4.78, 5) is 3.78. The lowest BCUT2D eigenvalue weighted by Crippen LogP contribution is -2.29. The molecule has 1 aliphatic heterocycles. The molecular formula is C11H16BrClN2S. The average Bonchev–Trinajstić information content (AvgIpc) is 2.76. The van der Waals surface area contributed by atoms with Crippen LogP contribution in [0, 0.1) is 5.92 Å². The molecule has 1 aromatic heterocycles. The molecule has 1 aromatic rings. The van der Waals surface area contributed by atoms with Crippen molar-refractivity contribution < 1.29 is 0 Å². The van der Waals surface area contributed by atoms with Crippen LogP contribution in [0.5, 0.6) is 0 Å². The van der Waals surface area contributed by atoms with E-state index < -0.39 is 0 Å². The molecule has 1 fully saturated rings. The van der Waals surface area contributed by atoms with Gasteiger partial charge in [0.1, 0.15) is 4.34 Å². The fraction of sp³-hybridized carbons (Fsp3) is 0.636. The summed E-state index contributed by atoms with van der Waals surface area (Å²) in [5, 5.41) is 0. The zero-order chi connectivity index (χ0) is 11.7. The molecule has 1 aliphatic rings. The molecule has 0 amide bonds.